The summed E-state index contributed by atoms with van der Waals surface area (Å²) in [6.45, 7) is 1.88. The van der Waals surface area contributed by atoms with E-state index in [1.807, 2.05) is 19.1 Å². The van der Waals surface area contributed by atoms with Gasteiger partial charge in [0.1, 0.15) is 0 Å². The van der Waals surface area contributed by atoms with Gasteiger partial charge in [-0.1, -0.05) is 42.0 Å². The molecule has 0 radical (unpaired) electrons. The van der Waals surface area contributed by atoms with Gasteiger partial charge in [0.2, 0.25) is 0 Å². The monoisotopic (exact) mass is 393 g/mol. The highest BCUT2D eigenvalue weighted by Gasteiger charge is 2.46. The second-order valence-electron chi connectivity index (χ2n) is 5.87. The Morgan fingerprint density at radius 3 is 2.23 bits per heavy atom. The number of benzene rings is 2. The number of aryl methyl sites for hydroxylation is 1. The highest BCUT2D eigenvalue weighted by Crippen LogP contribution is 2.63. The largest absolute Gasteiger partial charge is 0.358 e. The average molecular weight is 393 g/mol. The predicted molar refractivity (Wildman–Crippen MR) is 100 cm³/mol. The molecule has 1 aliphatic rings. The van der Waals surface area contributed by atoms with Crippen molar-refractivity contribution in [3.05, 3.63) is 71.4 Å². The van der Waals surface area contributed by atoms with Crippen LogP contribution in [0.1, 0.15) is 22.5 Å². The zero-order valence-electron chi connectivity index (χ0n) is 14.7. The molecule has 3 rings (SSSR count). The van der Waals surface area contributed by atoms with Crippen LogP contribution in [0.2, 0.25) is 0 Å². The van der Waals surface area contributed by atoms with Crippen molar-refractivity contribution in [1.29, 1.82) is 0 Å². The van der Waals surface area contributed by atoms with E-state index in [9.17, 15) is 13.0 Å². The number of hydrogen-bond acceptors (Lipinski definition) is 5. The van der Waals surface area contributed by atoms with Gasteiger partial charge >= 0.3 is 7.60 Å². The van der Waals surface area contributed by atoms with Gasteiger partial charge in [0.25, 0.3) is 10.0 Å². The maximum absolute atomic E-state index is 13.2. The van der Waals surface area contributed by atoms with Crippen molar-refractivity contribution >= 4 is 23.7 Å². The minimum Gasteiger partial charge on any atom is -0.310 e. The van der Waals surface area contributed by atoms with E-state index in [2.05, 4.69) is 0 Å². The van der Waals surface area contributed by atoms with Crippen LogP contribution in [0.15, 0.2) is 59.6 Å². The van der Waals surface area contributed by atoms with E-state index in [-0.39, 0.29) is 4.90 Å². The van der Waals surface area contributed by atoms with Crippen LogP contribution < -0.4 is 0 Å². The fraction of sp³-hybridized carbons (Fsp3) is 0.222. The van der Waals surface area contributed by atoms with Crippen molar-refractivity contribution < 1.29 is 22.0 Å². The Morgan fingerprint density at radius 1 is 1.00 bits per heavy atom. The van der Waals surface area contributed by atoms with Crippen molar-refractivity contribution in [3.63, 3.8) is 0 Å². The Hall–Kier alpha value is -1.92. The summed E-state index contributed by atoms with van der Waals surface area (Å²) >= 11 is 0. The normalized spacial score (nSPS) is 17.2. The minimum absolute atomic E-state index is 0.107. The lowest BCUT2D eigenvalue weighted by molar-refractivity contribution is 0.248. The molecule has 8 heteroatoms. The van der Waals surface area contributed by atoms with Gasteiger partial charge in [-0.05, 0) is 36.3 Å². The highest BCUT2D eigenvalue weighted by molar-refractivity contribution is 7.89. The lowest BCUT2D eigenvalue weighted by Crippen LogP contribution is -2.33. The molecule has 0 N–H and O–H groups in total. The van der Waals surface area contributed by atoms with E-state index in [0.29, 0.717) is 5.56 Å². The van der Waals surface area contributed by atoms with E-state index in [0.717, 1.165) is 15.4 Å². The highest BCUT2D eigenvalue weighted by atomic mass is 32.2. The molecule has 1 heterocycles. The third-order valence-electron chi connectivity index (χ3n) is 4.32. The number of hydrogen-bond donors (Lipinski definition) is 0. The maximum atomic E-state index is 13.2. The van der Waals surface area contributed by atoms with Crippen LogP contribution >= 0.6 is 7.60 Å². The fourth-order valence-corrected chi connectivity index (χ4v) is 6.42. The van der Waals surface area contributed by atoms with Crippen LogP contribution in [-0.2, 0) is 23.6 Å². The van der Waals surface area contributed by atoms with Gasteiger partial charge in [-0.3, -0.25) is 8.87 Å². The fourth-order valence-electron chi connectivity index (χ4n) is 2.90. The van der Waals surface area contributed by atoms with Crippen molar-refractivity contribution in [3.8, 4) is 0 Å². The molecule has 1 aliphatic heterocycles. The summed E-state index contributed by atoms with van der Waals surface area (Å²) < 4.78 is 51.1. The first-order chi connectivity index (χ1) is 12.3. The summed E-state index contributed by atoms with van der Waals surface area (Å²) in [5, 5.41) is 0. The van der Waals surface area contributed by atoms with Gasteiger partial charge in [-0.15, -0.1) is 0 Å². The standard InChI is InChI=1S/C18H20NO5PS/c1-14-8-10-16(11-9-14)26(21,22)19-13-12-15-6-4-5-7-17(15)18(19)25(20,23-2)24-3/h4-13,18H,1-3H3. The van der Waals surface area contributed by atoms with Crippen LogP contribution in [0.5, 0.6) is 0 Å². The second kappa shape index (κ2) is 7.00. The van der Waals surface area contributed by atoms with Crippen molar-refractivity contribution in [2.75, 3.05) is 14.2 Å². The molecule has 26 heavy (non-hydrogen) atoms. The maximum Gasteiger partial charge on any atom is 0.358 e. The minimum atomic E-state index is -3.96. The van der Waals surface area contributed by atoms with Gasteiger partial charge < -0.3 is 9.05 Å². The summed E-state index contributed by atoms with van der Waals surface area (Å²) in [6.07, 6.45) is 3.08. The smallest absolute Gasteiger partial charge is 0.310 e. The molecule has 0 bridgehead atoms. The molecular weight excluding hydrogens is 373 g/mol. The molecule has 0 aromatic heterocycles. The third kappa shape index (κ3) is 3.12. The molecule has 0 amide bonds. The Labute approximate surface area is 153 Å². The molecule has 0 spiro atoms. The summed E-state index contributed by atoms with van der Waals surface area (Å²) in [5.41, 5.74) is 2.28. The molecule has 0 fully saturated rings. The Balaban J connectivity index is 2.19. The quantitative estimate of drug-likeness (QED) is 0.714. The van der Waals surface area contributed by atoms with Crippen molar-refractivity contribution in [2.24, 2.45) is 0 Å². The second-order valence-corrected chi connectivity index (χ2v) is 10.0. The summed E-state index contributed by atoms with van der Waals surface area (Å²) in [6, 6.07) is 13.6. The van der Waals surface area contributed by atoms with Crippen LogP contribution in [0.4, 0.5) is 0 Å². The SMILES string of the molecule is COP(=O)(OC)C1c2ccccc2C=CN1S(=O)(=O)c1ccc(C)cc1. The molecule has 1 unspecified atom stereocenters. The van der Waals surface area contributed by atoms with Gasteiger partial charge in [0.15, 0.2) is 5.78 Å². The Kier molecular flexibility index (Phi) is 5.08. The summed E-state index contributed by atoms with van der Waals surface area (Å²) in [5.74, 6) is -1.11. The molecule has 1 atom stereocenters. The molecule has 6 nitrogen and oxygen atoms in total. The number of sulfonamides is 1. The zero-order valence-corrected chi connectivity index (χ0v) is 16.4. The van der Waals surface area contributed by atoms with Crippen LogP contribution in [0, 0.1) is 6.92 Å². The summed E-state index contributed by atoms with van der Waals surface area (Å²) in [4.78, 5) is 0.107. The lowest BCUT2D eigenvalue weighted by atomic mass is 10.1. The van der Waals surface area contributed by atoms with E-state index in [4.69, 9.17) is 9.05 Å². The van der Waals surface area contributed by atoms with Gasteiger partial charge in [-0.2, -0.15) is 0 Å². The van der Waals surface area contributed by atoms with Gasteiger partial charge in [0.05, 0.1) is 4.90 Å². The molecule has 0 aliphatic carbocycles. The van der Waals surface area contributed by atoms with Gasteiger partial charge in [0, 0.05) is 20.4 Å². The first kappa shape index (κ1) is 18.9. The average Bonchev–Trinajstić information content (AvgIpc) is 2.66. The lowest BCUT2D eigenvalue weighted by Gasteiger charge is -2.36. The van der Waals surface area contributed by atoms with Crippen LogP contribution in [0.25, 0.3) is 6.08 Å². The zero-order chi connectivity index (χ0) is 18.9. The molecular formula is C18H20NO5PS. The molecule has 2 aromatic carbocycles. The van der Waals surface area contributed by atoms with Crippen LogP contribution in [-0.4, -0.2) is 26.9 Å². The van der Waals surface area contributed by atoms with E-state index in [1.165, 1.54) is 32.6 Å². The van der Waals surface area contributed by atoms with Crippen molar-refractivity contribution in [1.82, 2.24) is 4.31 Å². The third-order valence-corrected chi connectivity index (χ3v) is 8.38. The van der Waals surface area contributed by atoms with Crippen molar-refractivity contribution in [2.45, 2.75) is 17.6 Å². The first-order valence-corrected chi connectivity index (χ1v) is 11.0. The van der Waals surface area contributed by atoms with E-state index >= 15 is 0 Å². The van der Waals surface area contributed by atoms with Gasteiger partial charge in [-0.25, -0.2) is 8.42 Å². The Bertz CT molecular complexity index is 977. The van der Waals surface area contributed by atoms with Crippen LogP contribution in [0.3, 0.4) is 0 Å². The number of nitrogens with zero attached hydrogens (tertiary/aromatic N) is 1. The Morgan fingerprint density at radius 2 is 1.62 bits per heavy atom. The number of fused-ring (bicyclic) bond motifs is 1. The summed E-state index contributed by atoms with van der Waals surface area (Å²) in [7, 11) is -5.23. The predicted octanol–water partition coefficient (Wildman–Crippen LogP) is 4.15. The van der Waals surface area contributed by atoms with E-state index in [1.54, 1.807) is 30.3 Å². The molecule has 0 saturated heterocycles. The first-order valence-electron chi connectivity index (χ1n) is 7.92. The molecule has 2 aromatic rings. The molecule has 0 saturated carbocycles. The topological polar surface area (TPSA) is 72.9 Å². The van der Waals surface area contributed by atoms with E-state index < -0.39 is 23.4 Å². The molecule has 138 valence electrons. The number of rotatable bonds is 5.